The van der Waals surface area contributed by atoms with Crippen LogP contribution in [0.3, 0.4) is 0 Å². The Morgan fingerprint density at radius 3 is 2.70 bits per heavy atom. The summed E-state index contributed by atoms with van der Waals surface area (Å²) in [6.45, 7) is 3.33. The van der Waals surface area contributed by atoms with Crippen LogP contribution in [0.2, 0.25) is 0 Å². The maximum Gasteiger partial charge on any atom is 0.0638 e. The third-order valence-corrected chi connectivity index (χ3v) is 1.21. The van der Waals surface area contributed by atoms with Gasteiger partial charge in [-0.2, -0.15) is 0 Å². The summed E-state index contributed by atoms with van der Waals surface area (Å²) in [6.07, 6.45) is 5.56. The van der Waals surface area contributed by atoms with E-state index in [0.717, 1.165) is 13.0 Å². The molecule has 0 aliphatic carbocycles. The van der Waals surface area contributed by atoms with Crippen LogP contribution in [0.4, 0.5) is 0 Å². The monoisotopic (exact) mass is 141 g/mol. The van der Waals surface area contributed by atoms with Crippen molar-refractivity contribution in [3.8, 4) is 12.3 Å². The summed E-state index contributed by atoms with van der Waals surface area (Å²) in [5.41, 5.74) is 0. The summed E-state index contributed by atoms with van der Waals surface area (Å²) in [5.74, 6) is 2.55. The Bertz CT molecular complexity index is 115. The van der Waals surface area contributed by atoms with Crippen LogP contribution in [0.5, 0.6) is 0 Å². The molecule has 1 N–H and O–H groups in total. The molecule has 0 rings (SSSR count). The van der Waals surface area contributed by atoms with Crippen LogP contribution >= 0.6 is 0 Å². The van der Waals surface area contributed by atoms with Gasteiger partial charge in [-0.05, 0) is 14.0 Å². The first-order chi connectivity index (χ1) is 4.66. The van der Waals surface area contributed by atoms with Gasteiger partial charge in [-0.25, -0.2) is 0 Å². The fourth-order valence-corrected chi connectivity index (χ4v) is 0.798. The molecule has 0 saturated heterocycles. The molecule has 0 aliphatic rings. The Balaban J connectivity index is 3.27. The molecule has 0 fully saturated rings. The molecule has 0 aromatic carbocycles. The normalized spacial score (nSPS) is 13.1. The van der Waals surface area contributed by atoms with Gasteiger partial charge in [-0.3, -0.25) is 0 Å². The minimum absolute atomic E-state index is 0.261. The quantitative estimate of drug-likeness (QED) is 0.570. The van der Waals surface area contributed by atoms with Gasteiger partial charge in [-0.1, -0.05) is 0 Å². The van der Waals surface area contributed by atoms with Gasteiger partial charge in [0, 0.05) is 19.5 Å². The van der Waals surface area contributed by atoms with Gasteiger partial charge in [-0.15, -0.1) is 12.3 Å². The molecule has 0 amide bonds. The summed E-state index contributed by atoms with van der Waals surface area (Å²) in [7, 11) is 1.95. The molecule has 2 nitrogen and oxygen atoms in total. The van der Waals surface area contributed by atoms with E-state index in [1.54, 1.807) is 6.92 Å². The fraction of sp³-hybridized carbons (Fsp3) is 0.750. The summed E-state index contributed by atoms with van der Waals surface area (Å²) >= 11 is 0. The number of nitrogens with zero attached hydrogens (tertiary/aromatic N) is 1. The number of likely N-dealkylation sites (N-methyl/N-ethyl adjacent to an activating group) is 1. The second-order valence-corrected chi connectivity index (χ2v) is 2.57. The highest BCUT2D eigenvalue weighted by atomic mass is 16.3. The first kappa shape index (κ1) is 9.48. The Morgan fingerprint density at radius 2 is 2.30 bits per heavy atom. The van der Waals surface area contributed by atoms with Crippen LogP contribution in [0, 0.1) is 12.3 Å². The number of hydrogen-bond donors (Lipinski definition) is 1. The molecule has 0 aliphatic heterocycles. The lowest BCUT2D eigenvalue weighted by molar-refractivity contribution is 0.143. The summed E-state index contributed by atoms with van der Waals surface area (Å²) in [4.78, 5) is 2.02. The topological polar surface area (TPSA) is 23.5 Å². The van der Waals surface area contributed by atoms with Gasteiger partial charge in [0.25, 0.3) is 0 Å². The minimum Gasteiger partial charge on any atom is -0.392 e. The number of hydrogen-bond acceptors (Lipinski definition) is 2. The van der Waals surface area contributed by atoms with E-state index in [1.165, 1.54) is 0 Å². The van der Waals surface area contributed by atoms with Crippen molar-refractivity contribution in [2.75, 3.05) is 20.1 Å². The molecule has 0 radical (unpaired) electrons. The van der Waals surface area contributed by atoms with Gasteiger partial charge in [0.2, 0.25) is 0 Å². The summed E-state index contributed by atoms with van der Waals surface area (Å²) in [6, 6.07) is 0. The Kier molecular flexibility index (Phi) is 5.00. The molecular weight excluding hydrogens is 126 g/mol. The smallest absolute Gasteiger partial charge is 0.0638 e. The molecule has 1 atom stereocenters. The van der Waals surface area contributed by atoms with Crippen molar-refractivity contribution < 1.29 is 5.11 Å². The number of aliphatic hydroxyl groups is 1. The van der Waals surface area contributed by atoms with E-state index in [9.17, 15) is 0 Å². The van der Waals surface area contributed by atoms with E-state index >= 15 is 0 Å². The van der Waals surface area contributed by atoms with Crippen molar-refractivity contribution in [3.63, 3.8) is 0 Å². The first-order valence-corrected chi connectivity index (χ1v) is 3.47. The molecule has 10 heavy (non-hydrogen) atoms. The predicted octanol–water partition coefficient (Wildman–Crippen LogP) is 0.322. The van der Waals surface area contributed by atoms with E-state index in [4.69, 9.17) is 11.5 Å². The van der Waals surface area contributed by atoms with Gasteiger partial charge in [0.15, 0.2) is 0 Å². The molecule has 0 heterocycles. The molecule has 58 valence electrons. The fourth-order valence-electron chi connectivity index (χ4n) is 0.798. The van der Waals surface area contributed by atoms with E-state index in [-0.39, 0.29) is 6.10 Å². The van der Waals surface area contributed by atoms with Crippen molar-refractivity contribution in [2.24, 2.45) is 0 Å². The van der Waals surface area contributed by atoms with Crippen LogP contribution < -0.4 is 0 Å². The van der Waals surface area contributed by atoms with Crippen LogP contribution in [-0.2, 0) is 0 Å². The molecule has 1 unspecified atom stereocenters. The van der Waals surface area contributed by atoms with Crippen molar-refractivity contribution in [1.82, 2.24) is 4.90 Å². The Hall–Kier alpha value is -0.520. The largest absolute Gasteiger partial charge is 0.392 e. The highest BCUT2D eigenvalue weighted by molar-refractivity contribution is 4.84. The van der Waals surface area contributed by atoms with E-state index < -0.39 is 0 Å². The van der Waals surface area contributed by atoms with Gasteiger partial charge in [0.05, 0.1) is 6.10 Å². The van der Waals surface area contributed by atoms with E-state index in [2.05, 4.69) is 5.92 Å². The number of aliphatic hydroxyl groups excluding tert-OH is 1. The van der Waals surface area contributed by atoms with Gasteiger partial charge < -0.3 is 10.0 Å². The van der Waals surface area contributed by atoms with Crippen LogP contribution in [0.1, 0.15) is 13.3 Å². The van der Waals surface area contributed by atoms with Crippen LogP contribution in [0.15, 0.2) is 0 Å². The maximum atomic E-state index is 8.93. The number of rotatable bonds is 4. The maximum absolute atomic E-state index is 8.93. The summed E-state index contributed by atoms with van der Waals surface area (Å²) in [5, 5.41) is 8.93. The highest BCUT2D eigenvalue weighted by Crippen LogP contribution is 1.88. The lowest BCUT2D eigenvalue weighted by Crippen LogP contribution is -2.27. The van der Waals surface area contributed by atoms with Crippen molar-refractivity contribution in [3.05, 3.63) is 0 Å². The van der Waals surface area contributed by atoms with Crippen molar-refractivity contribution >= 4 is 0 Å². The molecule has 0 saturated carbocycles. The zero-order chi connectivity index (χ0) is 7.98. The van der Waals surface area contributed by atoms with E-state index in [0.29, 0.717) is 6.54 Å². The van der Waals surface area contributed by atoms with E-state index in [1.807, 2.05) is 11.9 Å². The second kappa shape index (κ2) is 5.28. The predicted molar refractivity (Wildman–Crippen MR) is 42.6 cm³/mol. The van der Waals surface area contributed by atoms with Crippen LogP contribution in [-0.4, -0.2) is 36.2 Å². The van der Waals surface area contributed by atoms with Crippen molar-refractivity contribution in [1.29, 1.82) is 0 Å². The molecule has 2 heteroatoms. The minimum atomic E-state index is -0.261. The highest BCUT2D eigenvalue weighted by Gasteiger charge is 2.00. The van der Waals surface area contributed by atoms with Gasteiger partial charge >= 0.3 is 0 Å². The number of terminal acetylenes is 1. The van der Waals surface area contributed by atoms with Crippen LogP contribution in [0.25, 0.3) is 0 Å². The zero-order valence-electron chi connectivity index (χ0n) is 6.67. The average molecular weight is 141 g/mol. The third-order valence-electron chi connectivity index (χ3n) is 1.21. The molecule has 0 bridgehead atoms. The lowest BCUT2D eigenvalue weighted by atomic mass is 10.3. The zero-order valence-corrected chi connectivity index (χ0v) is 6.67. The second-order valence-electron chi connectivity index (χ2n) is 2.57. The van der Waals surface area contributed by atoms with Crippen molar-refractivity contribution in [2.45, 2.75) is 19.4 Å². The Labute approximate surface area is 62.8 Å². The lowest BCUT2D eigenvalue weighted by Gasteiger charge is -2.16. The summed E-state index contributed by atoms with van der Waals surface area (Å²) < 4.78 is 0. The van der Waals surface area contributed by atoms with Gasteiger partial charge in [0.1, 0.15) is 0 Å². The molecule has 0 spiro atoms. The average Bonchev–Trinajstić information content (AvgIpc) is 1.82. The SMILES string of the molecule is C#CCCN(C)CC(C)O. The molecular formula is C8H15NO. The molecule has 0 aromatic rings. The Morgan fingerprint density at radius 1 is 1.70 bits per heavy atom. The third kappa shape index (κ3) is 5.61. The standard InChI is InChI=1S/C8H15NO/c1-4-5-6-9(3)7-8(2)10/h1,8,10H,5-7H2,2-3H3. The molecule has 0 aromatic heterocycles. The first-order valence-electron chi connectivity index (χ1n) is 3.47.